The second kappa shape index (κ2) is 6.48. The molecule has 94 valence electrons. The molecule has 0 fully saturated rings. The highest BCUT2D eigenvalue weighted by Gasteiger charge is 2.24. The summed E-state index contributed by atoms with van der Waals surface area (Å²) in [7, 11) is 0. The highest BCUT2D eigenvalue weighted by atomic mass is 16.2. The van der Waals surface area contributed by atoms with Crippen molar-refractivity contribution >= 4 is 11.8 Å². The number of rotatable bonds is 6. The molecule has 0 saturated heterocycles. The Morgan fingerprint density at radius 3 is 2.00 bits per heavy atom. The Balaban J connectivity index is 4.61. The standard InChI is InChI=1S/C11H23N3O2/c1-7(2)5-14(6-9(12)15)11(16)10(13)8(3)4/h7-8,10H,5-6,13H2,1-4H3,(H2,12,15)/t10-/m0/s1. The van der Waals surface area contributed by atoms with Crippen LogP contribution >= 0.6 is 0 Å². The largest absolute Gasteiger partial charge is 0.368 e. The molecular weight excluding hydrogens is 206 g/mol. The molecule has 0 radical (unpaired) electrons. The third kappa shape index (κ3) is 5.11. The van der Waals surface area contributed by atoms with Gasteiger partial charge in [-0.3, -0.25) is 9.59 Å². The first kappa shape index (κ1) is 14.9. The summed E-state index contributed by atoms with van der Waals surface area (Å²) < 4.78 is 0. The van der Waals surface area contributed by atoms with Crippen molar-refractivity contribution < 1.29 is 9.59 Å². The molecule has 0 rings (SSSR count). The average molecular weight is 229 g/mol. The SMILES string of the molecule is CC(C)CN(CC(N)=O)C(=O)[C@@H](N)C(C)C. The number of hydrogen-bond donors (Lipinski definition) is 2. The summed E-state index contributed by atoms with van der Waals surface area (Å²) in [5, 5.41) is 0. The fourth-order valence-electron chi connectivity index (χ4n) is 1.36. The van der Waals surface area contributed by atoms with Gasteiger partial charge in [0.05, 0.1) is 12.6 Å². The normalized spacial score (nSPS) is 12.9. The van der Waals surface area contributed by atoms with E-state index in [1.165, 1.54) is 4.90 Å². The van der Waals surface area contributed by atoms with Crippen LogP contribution in [0.4, 0.5) is 0 Å². The summed E-state index contributed by atoms with van der Waals surface area (Å²) in [6.45, 7) is 8.14. The van der Waals surface area contributed by atoms with Crippen molar-refractivity contribution in [2.75, 3.05) is 13.1 Å². The van der Waals surface area contributed by atoms with Crippen LogP contribution < -0.4 is 11.5 Å². The Morgan fingerprint density at radius 2 is 1.69 bits per heavy atom. The highest BCUT2D eigenvalue weighted by molar-refractivity contribution is 5.86. The lowest BCUT2D eigenvalue weighted by Gasteiger charge is -2.27. The first-order valence-corrected chi connectivity index (χ1v) is 5.58. The topological polar surface area (TPSA) is 89.4 Å². The quantitative estimate of drug-likeness (QED) is 0.668. The van der Waals surface area contributed by atoms with E-state index >= 15 is 0 Å². The van der Waals surface area contributed by atoms with Gasteiger partial charge in [0.25, 0.3) is 0 Å². The van der Waals surface area contributed by atoms with Crippen LogP contribution in [0.15, 0.2) is 0 Å². The zero-order valence-corrected chi connectivity index (χ0v) is 10.6. The zero-order chi connectivity index (χ0) is 12.9. The lowest BCUT2D eigenvalue weighted by Crippen LogP contribution is -2.50. The zero-order valence-electron chi connectivity index (χ0n) is 10.6. The van der Waals surface area contributed by atoms with E-state index in [0.29, 0.717) is 6.54 Å². The predicted octanol–water partition coefficient (Wildman–Crippen LogP) is -0.0604. The minimum Gasteiger partial charge on any atom is -0.368 e. The number of carbonyl (C=O) groups excluding carboxylic acids is 2. The fraction of sp³-hybridized carbons (Fsp3) is 0.818. The lowest BCUT2D eigenvalue weighted by molar-refractivity contribution is -0.137. The van der Waals surface area contributed by atoms with Crippen LogP contribution in [-0.2, 0) is 9.59 Å². The van der Waals surface area contributed by atoms with Crippen molar-refractivity contribution in [1.29, 1.82) is 0 Å². The number of hydrogen-bond acceptors (Lipinski definition) is 3. The molecule has 0 saturated carbocycles. The number of amides is 2. The first-order valence-electron chi connectivity index (χ1n) is 5.58. The summed E-state index contributed by atoms with van der Waals surface area (Å²) in [6.07, 6.45) is 0. The molecular formula is C11H23N3O2. The van der Waals surface area contributed by atoms with E-state index in [0.717, 1.165) is 0 Å². The molecule has 0 spiro atoms. The van der Waals surface area contributed by atoms with E-state index in [2.05, 4.69) is 0 Å². The Bertz CT molecular complexity index is 252. The third-order valence-electron chi connectivity index (χ3n) is 2.25. The number of nitrogens with two attached hydrogens (primary N) is 2. The molecule has 0 unspecified atom stereocenters. The van der Waals surface area contributed by atoms with Crippen LogP contribution in [0, 0.1) is 11.8 Å². The van der Waals surface area contributed by atoms with Gasteiger partial charge in [-0.05, 0) is 11.8 Å². The fourth-order valence-corrected chi connectivity index (χ4v) is 1.36. The van der Waals surface area contributed by atoms with E-state index in [1.807, 2.05) is 27.7 Å². The third-order valence-corrected chi connectivity index (χ3v) is 2.25. The lowest BCUT2D eigenvalue weighted by atomic mass is 10.0. The van der Waals surface area contributed by atoms with E-state index in [1.54, 1.807) is 0 Å². The maximum Gasteiger partial charge on any atom is 0.240 e. The number of nitrogens with zero attached hydrogens (tertiary/aromatic N) is 1. The molecule has 5 heteroatoms. The van der Waals surface area contributed by atoms with Gasteiger partial charge in [0, 0.05) is 6.54 Å². The molecule has 0 heterocycles. The van der Waals surface area contributed by atoms with E-state index < -0.39 is 11.9 Å². The van der Waals surface area contributed by atoms with Gasteiger partial charge in [-0.2, -0.15) is 0 Å². The number of carbonyl (C=O) groups is 2. The predicted molar refractivity (Wildman–Crippen MR) is 63.4 cm³/mol. The molecule has 5 nitrogen and oxygen atoms in total. The van der Waals surface area contributed by atoms with Gasteiger partial charge < -0.3 is 16.4 Å². The maximum absolute atomic E-state index is 11.9. The van der Waals surface area contributed by atoms with Gasteiger partial charge in [0.1, 0.15) is 0 Å². The van der Waals surface area contributed by atoms with Crippen molar-refractivity contribution in [2.24, 2.45) is 23.3 Å². The Kier molecular flexibility index (Phi) is 6.03. The molecule has 0 aliphatic carbocycles. The second-order valence-electron chi connectivity index (χ2n) is 4.85. The van der Waals surface area contributed by atoms with Crippen molar-refractivity contribution in [3.05, 3.63) is 0 Å². The van der Waals surface area contributed by atoms with Crippen LogP contribution in [0.2, 0.25) is 0 Å². The minimum atomic E-state index is -0.571. The summed E-state index contributed by atoms with van der Waals surface area (Å²) in [5.41, 5.74) is 10.9. The first-order chi connectivity index (χ1) is 7.25. The van der Waals surface area contributed by atoms with Gasteiger partial charge in [0.15, 0.2) is 0 Å². The van der Waals surface area contributed by atoms with Gasteiger partial charge in [-0.25, -0.2) is 0 Å². The Morgan fingerprint density at radius 1 is 1.19 bits per heavy atom. The summed E-state index contributed by atoms with van der Waals surface area (Å²) >= 11 is 0. The van der Waals surface area contributed by atoms with Crippen molar-refractivity contribution in [3.8, 4) is 0 Å². The van der Waals surface area contributed by atoms with E-state index in [4.69, 9.17) is 11.5 Å². The Labute approximate surface area is 97.2 Å². The van der Waals surface area contributed by atoms with Gasteiger partial charge in [-0.1, -0.05) is 27.7 Å². The highest BCUT2D eigenvalue weighted by Crippen LogP contribution is 2.06. The van der Waals surface area contributed by atoms with Crippen LogP contribution in [0.5, 0.6) is 0 Å². The van der Waals surface area contributed by atoms with Crippen LogP contribution in [0.25, 0.3) is 0 Å². The Hall–Kier alpha value is -1.10. The van der Waals surface area contributed by atoms with Crippen LogP contribution in [-0.4, -0.2) is 35.8 Å². The van der Waals surface area contributed by atoms with Crippen molar-refractivity contribution in [2.45, 2.75) is 33.7 Å². The van der Waals surface area contributed by atoms with Gasteiger partial charge in [-0.15, -0.1) is 0 Å². The molecule has 16 heavy (non-hydrogen) atoms. The molecule has 0 aliphatic heterocycles. The van der Waals surface area contributed by atoms with E-state index in [9.17, 15) is 9.59 Å². The second-order valence-corrected chi connectivity index (χ2v) is 4.85. The maximum atomic E-state index is 11.9. The monoisotopic (exact) mass is 229 g/mol. The molecule has 2 amide bonds. The molecule has 0 bridgehead atoms. The average Bonchev–Trinajstić information content (AvgIpc) is 2.12. The van der Waals surface area contributed by atoms with E-state index in [-0.39, 0.29) is 24.3 Å². The van der Waals surface area contributed by atoms with Gasteiger partial charge in [0.2, 0.25) is 11.8 Å². The summed E-state index contributed by atoms with van der Waals surface area (Å²) in [5.74, 6) is -0.384. The van der Waals surface area contributed by atoms with Crippen LogP contribution in [0.1, 0.15) is 27.7 Å². The molecule has 4 N–H and O–H groups in total. The smallest absolute Gasteiger partial charge is 0.240 e. The summed E-state index contributed by atoms with van der Waals surface area (Å²) in [4.78, 5) is 24.3. The molecule has 1 atom stereocenters. The van der Waals surface area contributed by atoms with Crippen molar-refractivity contribution in [3.63, 3.8) is 0 Å². The van der Waals surface area contributed by atoms with Gasteiger partial charge >= 0.3 is 0 Å². The molecule has 0 aromatic rings. The summed E-state index contributed by atoms with van der Waals surface area (Å²) in [6, 6.07) is -0.571. The minimum absolute atomic E-state index is 0.0510. The number of primary amides is 1. The molecule has 0 aromatic carbocycles. The van der Waals surface area contributed by atoms with Crippen molar-refractivity contribution in [1.82, 2.24) is 4.90 Å². The molecule has 0 aromatic heterocycles. The van der Waals surface area contributed by atoms with Crippen LogP contribution in [0.3, 0.4) is 0 Å². The molecule has 0 aliphatic rings.